The summed E-state index contributed by atoms with van der Waals surface area (Å²) in [5.41, 5.74) is 5.83. The standard InChI is InChI=1S/2C19H25.2ClH.Zr/c2*1-13(2)16-10-8-14(3)12-19(16)18-11-9-15-6-4-5-7-17(15)18;;;/h2*4-7,9,13-14,16,18-19H,8,10,12H2,1-3H3;2*1H;/q2*-1;;;+4/p-2. The molecule has 4 aliphatic rings. The first-order valence-electron chi connectivity index (χ1n) is 15.7. The molecule has 0 spiro atoms. The van der Waals surface area contributed by atoms with Crippen LogP contribution in [0.3, 0.4) is 0 Å². The number of fused-ring (bicyclic) bond motifs is 2. The van der Waals surface area contributed by atoms with Gasteiger partial charge in [0.2, 0.25) is 0 Å². The number of benzene rings is 2. The minimum Gasteiger partial charge on any atom is -1.00 e. The molecule has 0 N–H and O–H groups in total. The predicted molar refractivity (Wildman–Crippen MR) is 163 cm³/mol. The van der Waals surface area contributed by atoms with Gasteiger partial charge in [0.1, 0.15) is 0 Å². The SMILES string of the molecule is CC1CCC(C(C)C)C(C2[C-]=Cc3ccccc32)C1.CC1CCC(C(C)C)C(C2[C-]=Cc3ccccc32)C1.[Cl-].[Cl-].[Zr+4]. The van der Waals surface area contributed by atoms with Crippen molar-refractivity contribution < 1.29 is 51.0 Å². The van der Waals surface area contributed by atoms with E-state index in [4.69, 9.17) is 0 Å². The molecule has 0 amide bonds. The maximum absolute atomic E-state index is 3.67. The normalized spacial score (nSPS) is 31.2. The van der Waals surface area contributed by atoms with E-state index in [2.05, 4.69) is 114 Å². The third-order valence-electron chi connectivity index (χ3n) is 10.5. The largest absolute Gasteiger partial charge is 4.00 e. The fraction of sp³-hybridized carbons (Fsp3) is 0.579. The summed E-state index contributed by atoms with van der Waals surface area (Å²) >= 11 is 0. The molecule has 8 unspecified atom stereocenters. The third kappa shape index (κ3) is 8.31. The molecule has 0 radical (unpaired) electrons. The summed E-state index contributed by atoms with van der Waals surface area (Å²) < 4.78 is 0. The van der Waals surface area contributed by atoms with Crippen molar-refractivity contribution in [3.63, 3.8) is 0 Å². The molecule has 0 aromatic heterocycles. The molecule has 0 nitrogen and oxygen atoms in total. The van der Waals surface area contributed by atoms with E-state index in [0.29, 0.717) is 11.8 Å². The summed E-state index contributed by atoms with van der Waals surface area (Å²) in [6.07, 6.45) is 20.2. The Kier molecular flexibility index (Phi) is 14.7. The van der Waals surface area contributed by atoms with Gasteiger partial charge in [0.25, 0.3) is 0 Å². The van der Waals surface area contributed by atoms with Crippen molar-refractivity contribution in [3.05, 3.63) is 82.9 Å². The van der Waals surface area contributed by atoms with E-state index >= 15 is 0 Å². The van der Waals surface area contributed by atoms with E-state index in [9.17, 15) is 0 Å². The maximum atomic E-state index is 3.67. The first-order valence-corrected chi connectivity index (χ1v) is 15.7. The predicted octanol–water partition coefficient (Wildman–Crippen LogP) is 4.62. The van der Waals surface area contributed by atoms with E-state index in [0.717, 1.165) is 47.3 Å². The molecule has 3 heteroatoms. The van der Waals surface area contributed by atoms with Crippen LogP contribution < -0.4 is 24.8 Å². The molecule has 220 valence electrons. The number of halogens is 2. The smallest absolute Gasteiger partial charge is 1.00 e. The summed E-state index contributed by atoms with van der Waals surface area (Å²) in [6.45, 7) is 14.5. The molecular weight excluding hydrogens is 619 g/mol. The minimum atomic E-state index is 0. The quantitative estimate of drug-likeness (QED) is 0.418. The summed E-state index contributed by atoms with van der Waals surface area (Å²) in [5, 5.41) is 0. The number of hydrogen-bond donors (Lipinski definition) is 0. The van der Waals surface area contributed by atoms with Crippen LogP contribution in [-0.4, -0.2) is 0 Å². The molecule has 0 saturated heterocycles. The molecule has 2 aromatic carbocycles. The summed E-state index contributed by atoms with van der Waals surface area (Å²) in [7, 11) is 0. The molecule has 0 aliphatic heterocycles. The van der Waals surface area contributed by atoms with Gasteiger partial charge in [-0.25, -0.2) is 12.2 Å². The Bertz CT molecular complexity index is 1050. The van der Waals surface area contributed by atoms with Gasteiger partial charge in [-0.3, -0.25) is 12.2 Å². The van der Waals surface area contributed by atoms with Gasteiger partial charge in [0.05, 0.1) is 0 Å². The van der Waals surface area contributed by atoms with Crippen molar-refractivity contribution in [1.29, 1.82) is 0 Å². The zero-order valence-electron chi connectivity index (χ0n) is 26.0. The Morgan fingerprint density at radius 3 is 1.32 bits per heavy atom. The van der Waals surface area contributed by atoms with E-state index in [1.54, 1.807) is 0 Å². The molecular formula is C38H50Cl2Zr. The van der Waals surface area contributed by atoms with Crippen LogP contribution in [-0.2, 0) is 26.2 Å². The number of allylic oxidation sites excluding steroid dienone is 2. The number of hydrogen-bond acceptors (Lipinski definition) is 0. The summed E-state index contributed by atoms with van der Waals surface area (Å²) in [6, 6.07) is 17.7. The van der Waals surface area contributed by atoms with E-state index in [1.807, 2.05) is 0 Å². The minimum absolute atomic E-state index is 0. The van der Waals surface area contributed by atoms with Crippen LogP contribution in [0.25, 0.3) is 12.2 Å². The molecule has 0 heterocycles. The van der Waals surface area contributed by atoms with Gasteiger partial charge >= 0.3 is 26.2 Å². The van der Waals surface area contributed by atoms with Gasteiger partial charge in [-0.2, -0.15) is 11.1 Å². The zero-order valence-corrected chi connectivity index (χ0v) is 30.0. The second-order valence-electron chi connectivity index (χ2n) is 13.8. The van der Waals surface area contributed by atoms with Crippen molar-refractivity contribution in [2.24, 2.45) is 47.3 Å². The van der Waals surface area contributed by atoms with Crippen LogP contribution in [0.2, 0.25) is 0 Å². The van der Waals surface area contributed by atoms with Crippen molar-refractivity contribution >= 4 is 12.2 Å². The first kappa shape index (κ1) is 36.6. The summed E-state index contributed by atoms with van der Waals surface area (Å²) in [5.74, 6) is 7.79. The van der Waals surface area contributed by atoms with Gasteiger partial charge in [-0.05, 0) is 73.0 Å². The van der Waals surface area contributed by atoms with Crippen molar-refractivity contribution in [2.45, 2.75) is 91.9 Å². The Morgan fingerprint density at radius 2 is 0.951 bits per heavy atom. The topological polar surface area (TPSA) is 0 Å². The van der Waals surface area contributed by atoms with Crippen LogP contribution in [0.4, 0.5) is 0 Å². The van der Waals surface area contributed by atoms with Crippen LogP contribution >= 0.6 is 0 Å². The second-order valence-corrected chi connectivity index (χ2v) is 13.8. The van der Waals surface area contributed by atoms with Crippen molar-refractivity contribution in [2.75, 3.05) is 0 Å². The molecule has 0 bridgehead atoms. The van der Waals surface area contributed by atoms with Gasteiger partial charge in [-0.15, -0.1) is 23.3 Å². The fourth-order valence-corrected chi connectivity index (χ4v) is 8.42. The van der Waals surface area contributed by atoms with Crippen LogP contribution in [0.1, 0.15) is 114 Å². The van der Waals surface area contributed by atoms with Crippen LogP contribution in [0.5, 0.6) is 0 Å². The van der Waals surface area contributed by atoms with E-state index in [1.165, 1.54) is 60.8 Å². The average molecular weight is 669 g/mol. The Morgan fingerprint density at radius 1 is 0.585 bits per heavy atom. The zero-order chi connectivity index (χ0) is 26.8. The molecule has 4 aliphatic carbocycles. The van der Waals surface area contributed by atoms with Gasteiger partial charge in [0.15, 0.2) is 0 Å². The van der Waals surface area contributed by atoms with E-state index < -0.39 is 0 Å². The fourth-order valence-electron chi connectivity index (χ4n) is 8.42. The Hall–Kier alpha value is -0.617. The molecule has 8 atom stereocenters. The molecule has 6 rings (SSSR count). The molecule has 2 aromatic rings. The van der Waals surface area contributed by atoms with Gasteiger partial charge < -0.3 is 24.8 Å². The number of rotatable bonds is 4. The maximum Gasteiger partial charge on any atom is 4.00 e. The average Bonchev–Trinajstić information content (AvgIpc) is 3.53. The van der Waals surface area contributed by atoms with Crippen LogP contribution in [0, 0.1) is 59.5 Å². The molecule has 2 fully saturated rings. The Balaban J connectivity index is 0.000000267. The second kappa shape index (κ2) is 16.5. The first-order chi connectivity index (χ1) is 18.3. The van der Waals surface area contributed by atoms with Gasteiger partial charge in [0, 0.05) is 0 Å². The van der Waals surface area contributed by atoms with Gasteiger partial charge in [-0.1, -0.05) is 103 Å². The molecule has 41 heavy (non-hydrogen) atoms. The Labute approximate surface area is 283 Å². The monoisotopic (exact) mass is 666 g/mol. The molecule has 2 saturated carbocycles. The van der Waals surface area contributed by atoms with Crippen molar-refractivity contribution in [3.8, 4) is 0 Å². The van der Waals surface area contributed by atoms with Crippen LogP contribution in [0.15, 0.2) is 48.5 Å². The summed E-state index contributed by atoms with van der Waals surface area (Å²) in [4.78, 5) is 0. The third-order valence-corrected chi connectivity index (χ3v) is 10.5. The van der Waals surface area contributed by atoms with E-state index in [-0.39, 0.29) is 51.0 Å². The van der Waals surface area contributed by atoms with Crippen molar-refractivity contribution in [1.82, 2.24) is 0 Å².